The van der Waals surface area contributed by atoms with Crippen molar-refractivity contribution >= 4 is 15.1 Å². The van der Waals surface area contributed by atoms with Gasteiger partial charge in [0.25, 0.3) is 7.52 Å². The molecule has 5 N–H and O–H groups in total. The number of rotatable bonds is 3. The third kappa shape index (κ3) is 5.32. The Morgan fingerprint density at radius 1 is 1.36 bits per heavy atom. The van der Waals surface area contributed by atoms with Crippen LogP contribution in [0.2, 0.25) is 0 Å². The van der Waals surface area contributed by atoms with Crippen molar-refractivity contribution in [2.45, 2.75) is 0 Å². The standard InChI is InChI=1S/C3H9NO5P2/c1-3(11(7,8)9)2-10(4,5)6/h1-2H2,(H3,4,5,6)(H2,7,8,9). The Labute approximate surface area is 63.4 Å². The predicted molar refractivity (Wildman–Crippen MR) is 40.1 cm³/mol. The molecule has 8 heteroatoms. The van der Waals surface area contributed by atoms with Crippen LogP contribution in [-0.2, 0) is 9.13 Å². The van der Waals surface area contributed by atoms with Crippen molar-refractivity contribution in [1.29, 1.82) is 0 Å². The third-order valence-corrected chi connectivity index (χ3v) is 2.89. The van der Waals surface area contributed by atoms with Crippen molar-refractivity contribution in [1.82, 2.24) is 0 Å². The van der Waals surface area contributed by atoms with E-state index >= 15 is 0 Å². The third-order valence-electron chi connectivity index (χ3n) is 0.821. The Morgan fingerprint density at radius 2 is 1.73 bits per heavy atom. The highest BCUT2D eigenvalue weighted by molar-refractivity contribution is 7.61. The molecule has 0 aliphatic rings. The van der Waals surface area contributed by atoms with Crippen molar-refractivity contribution in [2.75, 3.05) is 6.16 Å². The molecule has 0 saturated heterocycles. The van der Waals surface area contributed by atoms with Crippen LogP contribution in [0.4, 0.5) is 0 Å². The minimum absolute atomic E-state index is 0.620. The van der Waals surface area contributed by atoms with Gasteiger partial charge in [-0.05, 0) is 0 Å². The smallest absolute Gasteiger partial charge is 0.333 e. The first kappa shape index (κ1) is 11.0. The summed E-state index contributed by atoms with van der Waals surface area (Å²) in [5.74, 6) is 0. The van der Waals surface area contributed by atoms with E-state index in [4.69, 9.17) is 14.7 Å². The van der Waals surface area contributed by atoms with Crippen LogP contribution in [0.5, 0.6) is 0 Å². The highest BCUT2D eigenvalue weighted by Crippen LogP contribution is 2.49. The van der Waals surface area contributed by atoms with Crippen LogP contribution in [0.1, 0.15) is 0 Å². The first-order chi connectivity index (χ1) is 4.63. The van der Waals surface area contributed by atoms with Gasteiger partial charge in [0.2, 0.25) is 0 Å². The largest absolute Gasteiger partial charge is 0.352 e. The Bertz CT molecular complexity index is 248. The monoisotopic (exact) mass is 201 g/mol. The molecule has 6 nitrogen and oxygen atoms in total. The molecular weight excluding hydrogens is 192 g/mol. The van der Waals surface area contributed by atoms with E-state index in [0.717, 1.165) is 0 Å². The SMILES string of the molecule is C=C(CP(N)(=O)O)P(=O)(O)O. The molecule has 0 rings (SSSR count). The van der Waals surface area contributed by atoms with Crippen molar-refractivity contribution < 1.29 is 23.8 Å². The van der Waals surface area contributed by atoms with E-state index in [0.29, 0.717) is 0 Å². The van der Waals surface area contributed by atoms with Gasteiger partial charge in [0.05, 0.1) is 6.16 Å². The summed E-state index contributed by atoms with van der Waals surface area (Å²) in [5, 5.41) is -0.620. The topological polar surface area (TPSA) is 121 Å². The molecule has 0 bridgehead atoms. The van der Waals surface area contributed by atoms with E-state index in [1.54, 1.807) is 0 Å². The molecule has 1 atom stereocenters. The molecule has 11 heavy (non-hydrogen) atoms. The summed E-state index contributed by atoms with van der Waals surface area (Å²) in [6.07, 6.45) is -0.753. The second-order valence-electron chi connectivity index (χ2n) is 2.02. The van der Waals surface area contributed by atoms with E-state index in [2.05, 4.69) is 12.1 Å². The molecule has 0 saturated carbocycles. The maximum atomic E-state index is 10.4. The highest BCUT2D eigenvalue weighted by Gasteiger charge is 2.24. The number of nitrogens with two attached hydrogens (primary N) is 1. The van der Waals surface area contributed by atoms with E-state index in [1.807, 2.05) is 0 Å². The Kier molecular flexibility index (Phi) is 3.20. The minimum Gasteiger partial charge on any atom is -0.333 e. The normalized spacial score (nSPS) is 17.5. The zero-order chi connectivity index (χ0) is 9.28. The number of allylic oxidation sites excluding steroid dienone is 1. The Morgan fingerprint density at radius 3 is 1.82 bits per heavy atom. The molecule has 0 aromatic carbocycles. The minimum atomic E-state index is -4.46. The lowest BCUT2D eigenvalue weighted by atomic mass is 10.7. The highest BCUT2D eigenvalue weighted by atomic mass is 31.2. The van der Waals surface area contributed by atoms with E-state index in [1.165, 1.54) is 0 Å². The van der Waals surface area contributed by atoms with Gasteiger partial charge in [-0.1, -0.05) is 6.58 Å². The predicted octanol–water partition coefficient (Wildman–Crippen LogP) is -0.178. The molecule has 0 radical (unpaired) electrons. The van der Waals surface area contributed by atoms with Crippen LogP contribution in [0.15, 0.2) is 11.9 Å². The Balaban J connectivity index is 4.35. The molecule has 0 aliphatic carbocycles. The maximum absolute atomic E-state index is 10.4. The van der Waals surface area contributed by atoms with Crippen LogP contribution in [0.25, 0.3) is 0 Å². The molecule has 0 amide bonds. The zero-order valence-corrected chi connectivity index (χ0v) is 7.33. The maximum Gasteiger partial charge on any atom is 0.352 e. The van der Waals surface area contributed by atoms with Crippen molar-refractivity contribution in [2.24, 2.45) is 5.50 Å². The summed E-state index contributed by atoms with van der Waals surface area (Å²) in [5.41, 5.74) is 4.64. The molecular formula is C3H9NO5P2. The average molecular weight is 201 g/mol. The summed E-state index contributed by atoms with van der Waals surface area (Å²) in [6.45, 7) is 2.94. The van der Waals surface area contributed by atoms with Gasteiger partial charge in [0.1, 0.15) is 0 Å². The first-order valence-electron chi connectivity index (χ1n) is 2.47. The van der Waals surface area contributed by atoms with Crippen LogP contribution in [-0.4, -0.2) is 20.8 Å². The summed E-state index contributed by atoms with van der Waals surface area (Å²) in [7, 11) is -8.37. The lowest BCUT2D eigenvalue weighted by Crippen LogP contribution is -2.00. The van der Waals surface area contributed by atoms with Crippen molar-refractivity contribution in [3.8, 4) is 0 Å². The average Bonchev–Trinajstić information content (AvgIpc) is 1.56. The molecule has 0 aromatic heterocycles. The second kappa shape index (κ2) is 3.19. The van der Waals surface area contributed by atoms with E-state index in [9.17, 15) is 9.13 Å². The molecule has 0 spiro atoms. The zero-order valence-electron chi connectivity index (χ0n) is 5.54. The van der Waals surface area contributed by atoms with Crippen LogP contribution >= 0.6 is 15.1 Å². The lowest BCUT2D eigenvalue weighted by Gasteiger charge is -2.08. The summed E-state index contributed by atoms with van der Waals surface area (Å²) in [6, 6.07) is 0. The molecule has 1 unspecified atom stereocenters. The fraction of sp³-hybridized carbons (Fsp3) is 0.333. The first-order valence-corrected chi connectivity index (χ1v) is 6.00. The van der Waals surface area contributed by atoms with Gasteiger partial charge in [0, 0.05) is 5.31 Å². The Hall–Kier alpha value is 0.0400. The van der Waals surface area contributed by atoms with Crippen LogP contribution in [0.3, 0.4) is 0 Å². The van der Waals surface area contributed by atoms with E-state index in [-0.39, 0.29) is 0 Å². The fourth-order valence-electron chi connectivity index (χ4n) is 0.354. The molecule has 66 valence electrons. The van der Waals surface area contributed by atoms with Gasteiger partial charge < -0.3 is 14.7 Å². The molecule has 0 aliphatic heterocycles. The number of hydrogen-bond donors (Lipinski definition) is 4. The van der Waals surface area contributed by atoms with Crippen molar-refractivity contribution in [3.63, 3.8) is 0 Å². The molecule has 0 heterocycles. The van der Waals surface area contributed by atoms with Gasteiger partial charge in [0.15, 0.2) is 0 Å². The van der Waals surface area contributed by atoms with Gasteiger partial charge in [-0.3, -0.25) is 14.6 Å². The quantitative estimate of drug-likeness (QED) is 0.470. The van der Waals surface area contributed by atoms with Gasteiger partial charge in [-0.15, -0.1) is 0 Å². The van der Waals surface area contributed by atoms with Crippen LogP contribution in [0, 0.1) is 0 Å². The van der Waals surface area contributed by atoms with Crippen LogP contribution < -0.4 is 5.50 Å². The lowest BCUT2D eigenvalue weighted by molar-refractivity contribution is 0.381. The summed E-state index contributed by atoms with van der Waals surface area (Å²) >= 11 is 0. The number of hydrogen-bond acceptors (Lipinski definition) is 2. The van der Waals surface area contributed by atoms with Gasteiger partial charge >= 0.3 is 7.60 Å². The fourth-order valence-corrected chi connectivity index (χ4v) is 2.22. The molecule has 0 fully saturated rings. The van der Waals surface area contributed by atoms with Gasteiger partial charge in [-0.2, -0.15) is 0 Å². The van der Waals surface area contributed by atoms with Gasteiger partial charge in [-0.25, -0.2) is 0 Å². The summed E-state index contributed by atoms with van der Waals surface area (Å²) < 4.78 is 20.7. The van der Waals surface area contributed by atoms with Crippen molar-refractivity contribution in [3.05, 3.63) is 11.9 Å². The second-order valence-corrected chi connectivity index (χ2v) is 5.57. The van der Waals surface area contributed by atoms with E-state index < -0.39 is 26.6 Å². The molecule has 0 aromatic rings. The summed E-state index contributed by atoms with van der Waals surface area (Å²) in [4.78, 5) is 25.2.